The molecule has 2 amide bonds. The Labute approximate surface area is 144 Å². The third-order valence-electron chi connectivity index (χ3n) is 3.27. The topological polar surface area (TPSA) is 76.7 Å². The van der Waals surface area contributed by atoms with Gasteiger partial charge in [0.2, 0.25) is 5.91 Å². The van der Waals surface area contributed by atoms with Crippen LogP contribution in [0, 0.1) is 0 Å². The number of hydrazine groups is 1. The monoisotopic (exact) mass is 348 g/mol. The highest BCUT2D eigenvalue weighted by atomic mass is 35.5. The van der Waals surface area contributed by atoms with E-state index in [0.717, 1.165) is 0 Å². The van der Waals surface area contributed by atoms with Gasteiger partial charge in [-0.1, -0.05) is 29.8 Å². The molecule has 0 unspecified atom stereocenters. The van der Waals surface area contributed by atoms with Crippen LogP contribution < -0.4 is 20.3 Å². The summed E-state index contributed by atoms with van der Waals surface area (Å²) in [5.74, 6) is 0.0877. The van der Waals surface area contributed by atoms with Gasteiger partial charge in [0, 0.05) is 10.6 Å². The highest BCUT2D eigenvalue weighted by Gasteiger charge is 2.12. The molecule has 0 saturated heterocycles. The lowest BCUT2D eigenvalue weighted by molar-refractivity contribution is -0.121. The maximum absolute atomic E-state index is 12.1. The van der Waals surface area contributed by atoms with Gasteiger partial charge in [-0.2, -0.15) is 0 Å². The summed E-state index contributed by atoms with van der Waals surface area (Å²) in [7, 11) is 2.98. The molecule has 0 bridgehead atoms. The van der Waals surface area contributed by atoms with E-state index in [4.69, 9.17) is 21.1 Å². The van der Waals surface area contributed by atoms with Gasteiger partial charge in [0.25, 0.3) is 5.91 Å². The molecule has 0 atom stereocenters. The van der Waals surface area contributed by atoms with Crippen LogP contribution in [-0.4, -0.2) is 26.0 Å². The number of rotatable bonds is 5. The van der Waals surface area contributed by atoms with Crippen LogP contribution >= 0.6 is 11.6 Å². The Morgan fingerprint density at radius 1 is 1.00 bits per heavy atom. The number of carbonyl (C=O) groups is 2. The second-order valence-electron chi connectivity index (χ2n) is 4.84. The van der Waals surface area contributed by atoms with Crippen LogP contribution in [0.5, 0.6) is 11.5 Å². The smallest absolute Gasteiger partial charge is 0.269 e. The van der Waals surface area contributed by atoms with E-state index in [0.29, 0.717) is 27.6 Å². The summed E-state index contributed by atoms with van der Waals surface area (Å²) in [5, 5.41) is 0.499. The maximum atomic E-state index is 12.1. The fourth-order valence-electron chi connectivity index (χ4n) is 2.04. The number of nitrogens with one attached hydrogen (secondary N) is 2. The first kappa shape index (κ1) is 17.6. The molecule has 0 heterocycles. The van der Waals surface area contributed by atoms with Gasteiger partial charge in [0.05, 0.1) is 20.6 Å². The summed E-state index contributed by atoms with van der Waals surface area (Å²) in [6, 6.07) is 11.7. The van der Waals surface area contributed by atoms with Crippen molar-refractivity contribution in [2.75, 3.05) is 14.2 Å². The molecule has 2 N–H and O–H groups in total. The van der Waals surface area contributed by atoms with Crippen LogP contribution in [-0.2, 0) is 11.2 Å². The summed E-state index contributed by atoms with van der Waals surface area (Å²) in [6.45, 7) is 0. The molecular weight excluding hydrogens is 332 g/mol. The Balaban J connectivity index is 1.95. The SMILES string of the molecule is COc1ccc(C(=O)NNC(=O)Cc2ccccc2Cl)cc1OC. The summed E-state index contributed by atoms with van der Waals surface area (Å²) in [5.41, 5.74) is 5.71. The second-order valence-corrected chi connectivity index (χ2v) is 5.25. The van der Waals surface area contributed by atoms with Crippen molar-refractivity contribution in [1.82, 2.24) is 10.9 Å². The van der Waals surface area contributed by atoms with Crippen molar-refractivity contribution in [2.45, 2.75) is 6.42 Å². The standard InChI is InChI=1S/C17H17ClN2O4/c1-23-14-8-7-12(9-15(14)24-2)17(22)20-19-16(21)10-11-5-3-4-6-13(11)18/h3-9H,10H2,1-2H3,(H,19,21)(H,20,22). The van der Waals surface area contributed by atoms with Crippen LogP contribution in [0.4, 0.5) is 0 Å². The van der Waals surface area contributed by atoms with Crippen molar-refractivity contribution in [3.63, 3.8) is 0 Å². The van der Waals surface area contributed by atoms with Gasteiger partial charge in [0.1, 0.15) is 0 Å². The van der Waals surface area contributed by atoms with E-state index < -0.39 is 5.91 Å². The van der Waals surface area contributed by atoms with Crippen molar-refractivity contribution < 1.29 is 19.1 Å². The summed E-state index contributed by atoms with van der Waals surface area (Å²) < 4.78 is 10.2. The van der Waals surface area contributed by atoms with Crippen LogP contribution in [0.1, 0.15) is 15.9 Å². The van der Waals surface area contributed by atoms with E-state index in [9.17, 15) is 9.59 Å². The van der Waals surface area contributed by atoms with Crippen LogP contribution in [0.2, 0.25) is 5.02 Å². The van der Waals surface area contributed by atoms with E-state index in [1.165, 1.54) is 20.3 Å². The zero-order valence-electron chi connectivity index (χ0n) is 13.3. The number of carbonyl (C=O) groups excluding carboxylic acids is 2. The van der Waals surface area contributed by atoms with E-state index in [1.54, 1.807) is 36.4 Å². The molecule has 0 aromatic heterocycles. The lowest BCUT2D eigenvalue weighted by Crippen LogP contribution is -2.42. The minimum absolute atomic E-state index is 0.0614. The zero-order valence-corrected chi connectivity index (χ0v) is 14.0. The summed E-state index contributed by atoms with van der Waals surface area (Å²) in [4.78, 5) is 24.0. The maximum Gasteiger partial charge on any atom is 0.269 e. The Morgan fingerprint density at radius 3 is 2.38 bits per heavy atom. The van der Waals surface area contributed by atoms with Crippen molar-refractivity contribution in [3.05, 3.63) is 58.6 Å². The molecule has 126 valence electrons. The Kier molecular flexibility index (Phi) is 6.03. The molecule has 2 rings (SSSR count). The first-order valence-corrected chi connectivity index (χ1v) is 7.47. The lowest BCUT2D eigenvalue weighted by Gasteiger charge is -2.11. The molecule has 0 aliphatic rings. The molecule has 2 aromatic rings. The van der Waals surface area contributed by atoms with Crippen molar-refractivity contribution in [2.24, 2.45) is 0 Å². The van der Waals surface area contributed by atoms with Crippen LogP contribution in [0.3, 0.4) is 0 Å². The molecule has 0 saturated carbocycles. The number of hydrogen-bond acceptors (Lipinski definition) is 4. The van der Waals surface area contributed by atoms with Gasteiger partial charge in [-0.15, -0.1) is 0 Å². The quantitative estimate of drug-likeness (QED) is 0.813. The van der Waals surface area contributed by atoms with Gasteiger partial charge in [-0.05, 0) is 29.8 Å². The molecule has 24 heavy (non-hydrogen) atoms. The van der Waals surface area contributed by atoms with Crippen molar-refractivity contribution >= 4 is 23.4 Å². The average molecular weight is 349 g/mol. The van der Waals surface area contributed by atoms with E-state index in [2.05, 4.69) is 10.9 Å². The Bertz CT molecular complexity index is 749. The van der Waals surface area contributed by atoms with Crippen LogP contribution in [0.25, 0.3) is 0 Å². The molecule has 2 aromatic carbocycles. The third kappa shape index (κ3) is 4.39. The first-order chi connectivity index (χ1) is 11.5. The molecule has 0 aliphatic carbocycles. The van der Waals surface area contributed by atoms with E-state index in [1.807, 2.05) is 0 Å². The summed E-state index contributed by atoms with van der Waals surface area (Å²) in [6.07, 6.45) is 0.0614. The lowest BCUT2D eigenvalue weighted by atomic mass is 10.1. The highest BCUT2D eigenvalue weighted by Crippen LogP contribution is 2.27. The third-order valence-corrected chi connectivity index (χ3v) is 3.64. The first-order valence-electron chi connectivity index (χ1n) is 7.09. The molecule has 0 fully saturated rings. The zero-order chi connectivity index (χ0) is 17.5. The normalized spacial score (nSPS) is 9.96. The minimum Gasteiger partial charge on any atom is -0.493 e. The number of hydrogen-bond donors (Lipinski definition) is 2. The van der Waals surface area contributed by atoms with E-state index in [-0.39, 0.29) is 12.3 Å². The summed E-state index contributed by atoms with van der Waals surface area (Å²) >= 11 is 6.00. The van der Waals surface area contributed by atoms with Gasteiger partial charge in [-0.25, -0.2) is 0 Å². The Hall–Kier alpha value is -2.73. The number of halogens is 1. The predicted molar refractivity (Wildman–Crippen MR) is 90.3 cm³/mol. The fourth-order valence-corrected chi connectivity index (χ4v) is 2.24. The predicted octanol–water partition coefficient (Wildman–Crippen LogP) is 2.36. The fraction of sp³-hybridized carbons (Fsp3) is 0.176. The minimum atomic E-state index is -0.469. The van der Waals surface area contributed by atoms with Gasteiger partial charge < -0.3 is 9.47 Å². The van der Waals surface area contributed by atoms with E-state index >= 15 is 0 Å². The Morgan fingerprint density at radius 2 is 1.71 bits per heavy atom. The molecule has 0 aliphatic heterocycles. The second kappa shape index (κ2) is 8.21. The van der Waals surface area contributed by atoms with Crippen molar-refractivity contribution in [3.8, 4) is 11.5 Å². The van der Waals surface area contributed by atoms with Gasteiger partial charge >= 0.3 is 0 Å². The largest absolute Gasteiger partial charge is 0.493 e. The number of methoxy groups -OCH3 is 2. The average Bonchev–Trinajstić information content (AvgIpc) is 2.61. The van der Waals surface area contributed by atoms with Gasteiger partial charge in [-0.3, -0.25) is 20.4 Å². The number of benzene rings is 2. The number of ether oxygens (including phenoxy) is 2. The molecule has 6 nitrogen and oxygen atoms in total. The molecule has 0 spiro atoms. The molecule has 0 radical (unpaired) electrons. The van der Waals surface area contributed by atoms with Crippen LogP contribution in [0.15, 0.2) is 42.5 Å². The van der Waals surface area contributed by atoms with Gasteiger partial charge in [0.15, 0.2) is 11.5 Å². The highest BCUT2D eigenvalue weighted by molar-refractivity contribution is 6.31. The van der Waals surface area contributed by atoms with Crippen molar-refractivity contribution in [1.29, 1.82) is 0 Å². The molecular formula is C17H17ClN2O4. The number of amides is 2. The molecule has 7 heteroatoms.